The predicted molar refractivity (Wildman–Crippen MR) is 97.9 cm³/mol. The van der Waals surface area contributed by atoms with Gasteiger partial charge in [0.15, 0.2) is 5.65 Å². The van der Waals surface area contributed by atoms with Gasteiger partial charge in [-0.3, -0.25) is 0 Å². The lowest BCUT2D eigenvalue weighted by molar-refractivity contribution is 0.531. The van der Waals surface area contributed by atoms with Gasteiger partial charge >= 0.3 is 0 Å². The minimum atomic E-state index is -1.16. The molecule has 6 heteroatoms. The maximum Gasteiger partial charge on any atom is 0.153 e. The third-order valence-electron chi connectivity index (χ3n) is 3.77. The Morgan fingerprint density at radius 1 is 1.21 bits per heavy atom. The summed E-state index contributed by atoms with van der Waals surface area (Å²) in [6.45, 7) is 7.87. The molecule has 126 valence electrons. The van der Waals surface area contributed by atoms with Crippen molar-refractivity contribution in [3.05, 3.63) is 54.4 Å². The Morgan fingerprint density at radius 3 is 2.58 bits per heavy atom. The average molecular weight is 342 g/mol. The lowest BCUT2D eigenvalue weighted by atomic mass is 10.0. The largest absolute Gasteiger partial charge is 0.598 e. The Balaban J connectivity index is 2.05. The van der Waals surface area contributed by atoms with Crippen LogP contribution in [0.3, 0.4) is 0 Å². The van der Waals surface area contributed by atoms with Crippen molar-refractivity contribution in [2.45, 2.75) is 38.5 Å². The van der Waals surface area contributed by atoms with Gasteiger partial charge in [-0.2, -0.15) is 5.10 Å². The van der Waals surface area contributed by atoms with E-state index >= 15 is 0 Å². The second kappa shape index (κ2) is 6.55. The highest BCUT2D eigenvalue weighted by Gasteiger charge is 2.29. The monoisotopic (exact) mass is 342 g/mol. The Kier molecular flexibility index (Phi) is 4.62. The summed E-state index contributed by atoms with van der Waals surface area (Å²) >= 11 is -1.16. The quantitative estimate of drug-likeness (QED) is 0.737. The molecule has 0 saturated heterocycles. The lowest BCUT2D eigenvalue weighted by Crippen LogP contribution is -2.40. The Hall–Kier alpha value is -1.89. The number of nitrogens with zero attached hydrogens (tertiary/aromatic N) is 3. The maximum atomic E-state index is 12.5. The topological polar surface area (TPSA) is 65.3 Å². The average Bonchev–Trinajstić information content (AvgIpc) is 3.01. The van der Waals surface area contributed by atoms with Crippen LogP contribution in [0, 0.1) is 0 Å². The van der Waals surface area contributed by atoms with Crippen LogP contribution in [0.4, 0.5) is 0 Å². The number of benzene rings is 1. The smallest absolute Gasteiger partial charge is 0.153 e. The van der Waals surface area contributed by atoms with E-state index in [1.54, 1.807) is 10.7 Å². The fraction of sp³-hybridized carbons (Fsp3) is 0.333. The Labute approximate surface area is 145 Å². The molecule has 3 rings (SSSR count). The van der Waals surface area contributed by atoms with E-state index in [-0.39, 0.29) is 10.8 Å². The summed E-state index contributed by atoms with van der Waals surface area (Å²) in [6, 6.07) is 11.9. The zero-order chi connectivity index (χ0) is 17.3. The molecule has 0 aliphatic heterocycles. The van der Waals surface area contributed by atoms with Crippen LogP contribution in [0.25, 0.3) is 16.9 Å². The molecule has 1 N–H and O–H groups in total. The van der Waals surface area contributed by atoms with Gasteiger partial charge in [-0.25, -0.2) is 9.50 Å². The molecule has 0 fully saturated rings. The van der Waals surface area contributed by atoms with E-state index in [9.17, 15) is 4.55 Å². The van der Waals surface area contributed by atoms with E-state index in [0.717, 1.165) is 22.5 Å². The second-order valence-corrected chi connectivity index (χ2v) is 8.76. The molecular formula is C18H22N4OS. The summed E-state index contributed by atoms with van der Waals surface area (Å²) in [5, 5.41) is 4.71. The summed E-state index contributed by atoms with van der Waals surface area (Å²) in [7, 11) is 0. The number of hydrogen-bond acceptors (Lipinski definition) is 4. The van der Waals surface area contributed by atoms with E-state index in [1.807, 2.05) is 70.3 Å². The highest BCUT2D eigenvalue weighted by Crippen LogP contribution is 2.28. The maximum absolute atomic E-state index is 12.5. The number of fused-ring (bicyclic) bond motifs is 1. The van der Waals surface area contributed by atoms with E-state index in [1.165, 1.54) is 0 Å². The van der Waals surface area contributed by atoms with Crippen molar-refractivity contribution < 1.29 is 4.55 Å². The predicted octanol–water partition coefficient (Wildman–Crippen LogP) is 3.51. The number of aromatic nitrogens is 3. The fourth-order valence-corrected chi connectivity index (χ4v) is 3.22. The first-order valence-corrected chi connectivity index (χ1v) is 9.09. The number of hydrogen-bond donors (Lipinski definition) is 1. The number of imidazole rings is 1. The third-order valence-corrected chi connectivity index (χ3v) is 5.45. The molecule has 3 aromatic rings. The summed E-state index contributed by atoms with van der Waals surface area (Å²) in [5.74, 6) is 0. The minimum absolute atomic E-state index is 0.116. The zero-order valence-electron chi connectivity index (χ0n) is 14.4. The first-order valence-electron chi connectivity index (χ1n) is 7.94. The normalized spacial score (nSPS) is 14.7. The van der Waals surface area contributed by atoms with Crippen molar-refractivity contribution in [3.63, 3.8) is 0 Å². The van der Waals surface area contributed by atoms with Crippen LogP contribution < -0.4 is 4.72 Å². The molecule has 0 aliphatic rings. The molecule has 0 bridgehead atoms. The van der Waals surface area contributed by atoms with Gasteiger partial charge in [-0.15, -0.1) is 4.72 Å². The SMILES string of the molecule is C[C@@H](N[S+]([O-])C(C)(C)C)c1cc2nccn2nc1-c1ccccc1. The molecule has 1 unspecified atom stereocenters. The van der Waals surface area contributed by atoms with E-state index in [4.69, 9.17) is 5.10 Å². The van der Waals surface area contributed by atoms with Gasteiger partial charge in [0.05, 0.1) is 11.7 Å². The molecule has 5 nitrogen and oxygen atoms in total. The molecule has 0 aliphatic carbocycles. The van der Waals surface area contributed by atoms with Crippen molar-refractivity contribution >= 4 is 17.0 Å². The Bertz CT molecular complexity index is 826. The molecule has 24 heavy (non-hydrogen) atoms. The van der Waals surface area contributed by atoms with E-state index in [2.05, 4.69) is 9.71 Å². The van der Waals surface area contributed by atoms with Crippen LogP contribution in [-0.4, -0.2) is 23.9 Å². The van der Waals surface area contributed by atoms with E-state index < -0.39 is 11.4 Å². The fourth-order valence-electron chi connectivity index (χ4n) is 2.42. The summed E-state index contributed by atoms with van der Waals surface area (Å²) in [5.41, 5.74) is 3.66. The summed E-state index contributed by atoms with van der Waals surface area (Å²) in [4.78, 5) is 4.32. The first kappa shape index (κ1) is 17.0. The molecule has 2 atom stereocenters. The van der Waals surface area contributed by atoms with Crippen LogP contribution in [0.1, 0.15) is 39.3 Å². The Morgan fingerprint density at radius 2 is 1.92 bits per heavy atom. The van der Waals surface area contributed by atoms with Gasteiger partial charge in [-0.05, 0) is 33.8 Å². The number of rotatable bonds is 4. The van der Waals surface area contributed by atoms with Gasteiger partial charge in [0.25, 0.3) is 0 Å². The molecule has 0 spiro atoms. The molecule has 0 amide bonds. The molecule has 2 heterocycles. The highest BCUT2D eigenvalue weighted by atomic mass is 32.2. The van der Waals surface area contributed by atoms with E-state index in [0.29, 0.717) is 0 Å². The van der Waals surface area contributed by atoms with Gasteiger partial charge in [0.1, 0.15) is 4.75 Å². The van der Waals surface area contributed by atoms with Gasteiger partial charge < -0.3 is 4.55 Å². The van der Waals surface area contributed by atoms with Crippen molar-refractivity contribution in [2.75, 3.05) is 0 Å². The minimum Gasteiger partial charge on any atom is -0.598 e. The lowest BCUT2D eigenvalue weighted by Gasteiger charge is -2.27. The second-order valence-electron chi connectivity index (χ2n) is 6.76. The van der Waals surface area contributed by atoms with Crippen LogP contribution in [0.2, 0.25) is 0 Å². The standard InChI is InChI=1S/C18H22N4OS/c1-13(21-24(23)18(2,3)4)15-12-16-19-10-11-22(16)20-17(15)14-8-6-5-7-9-14/h5-13,21H,1-4H3/t13-,24?/m1/s1. The van der Waals surface area contributed by atoms with Crippen molar-refractivity contribution in [1.29, 1.82) is 0 Å². The van der Waals surface area contributed by atoms with Crippen molar-refractivity contribution in [2.24, 2.45) is 0 Å². The molecule has 0 saturated carbocycles. The molecular weight excluding hydrogens is 320 g/mol. The first-order chi connectivity index (χ1) is 11.4. The van der Waals surface area contributed by atoms with Crippen LogP contribution in [0.15, 0.2) is 48.8 Å². The van der Waals surface area contributed by atoms with Gasteiger partial charge in [-0.1, -0.05) is 30.3 Å². The molecule has 0 radical (unpaired) electrons. The summed E-state index contributed by atoms with van der Waals surface area (Å²) < 4.78 is 17.1. The van der Waals surface area contributed by atoms with Gasteiger partial charge in [0.2, 0.25) is 0 Å². The molecule has 1 aromatic carbocycles. The highest BCUT2D eigenvalue weighted by molar-refractivity contribution is 7.90. The zero-order valence-corrected chi connectivity index (χ0v) is 15.2. The van der Waals surface area contributed by atoms with Crippen LogP contribution in [0.5, 0.6) is 0 Å². The summed E-state index contributed by atoms with van der Waals surface area (Å²) in [6.07, 6.45) is 3.56. The molecule has 2 aromatic heterocycles. The van der Waals surface area contributed by atoms with Crippen LogP contribution in [-0.2, 0) is 11.4 Å². The third kappa shape index (κ3) is 3.45. The van der Waals surface area contributed by atoms with Gasteiger partial charge in [0, 0.05) is 34.9 Å². The van der Waals surface area contributed by atoms with Crippen LogP contribution >= 0.6 is 0 Å². The number of nitrogens with one attached hydrogen (secondary N) is 1. The van der Waals surface area contributed by atoms with Crippen molar-refractivity contribution in [1.82, 2.24) is 19.3 Å². The van der Waals surface area contributed by atoms with Crippen molar-refractivity contribution in [3.8, 4) is 11.3 Å².